The number of hydrogen-bond donors (Lipinski definition) is 2. The molecule has 0 aromatic rings. The Morgan fingerprint density at radius 2 is 1.75 bits per heavy atom. The fourth-order valence-corrected chi connectivity index (χ4v) is 5.72. The largest absolute Gasteiger partial charge is 0.349 e. The molecule has 3 nitrogen and oxygen atoms in total. The summed E-state index contributed by atoms with van der Waals surface area (Å²) in [6.07, 6.45) is 8.75. The summed E-state index contributed by atoms with van der Waals surface area (Å²) in [6, 6.07) is 0. The van der Waals surface area contributed by atoms with Gasteiger partial charge in [-0.15, -0.1) is 0 Å². The molecule has 4 atom stereocenters. The molecule has 0 spiro atoms. The van der Waals surface area contributed by atoms with E-state index in [1.54, 1.807) is 0 Å². The number of nitrogens with one attached hydrogen (secondary N) is 1. The Balaban J connectivity index is 1.40. The second kappa shape index (κ2) is 4.46. The lowest BCUT2D eigenvalue weighted by atomic mass is 9.77. The Hall–Kier alpha value is -0.570. The molecule has 2 bridgehead atoms. The van der Waals surface area contributed by atoms with E-state index in [1.165, 1.54) is 32.1 Å². The van der Waals surface area contributed by atoms with Crippen LogP contribution < -0.4 is 11.1 Å². The number of fused-ring (bicyclic) bond motifs is 5. The molecule has 0 radical (unpaired) electrons. The van der Waals surface area contributed by atoms with Crippen LogP contribution in [-0.4, -0.2) is 18.0 Å². The smallest absolute Gasteiger partial charge is 0.224 e. The quantitative estimate of drug-likeness (QED) is 0.831. The Morgan fingerprint density at radius 1 is 1.15 bits per heavy atom. The highest BCUT2D eigenvalue weighted by Gasteiger charge is 2.67. The van der Waals surface area contributed by atoms with Crippen LogP contribution in [0.1, 0.15) is 51.9 Å². The van der Waals surface area contributed by atoms with Crippen LogP contribution in [0, 0.1) is 35.5 Å². The zero-order valence-electron chi connectivity index (χ0n) is 12.6. The van der Waals surface area contributed by atoms with E-state index < -0.39 is 0 Å². The van der Waals surface area contributed by atoms with Crippen molar-refractivity contribution < 1.29 is 4.79 Å². The van der Waals surface area contributed by atoms with Gasteiger partial charge >= 0.3 is 0 Å². The summed E-state index contributed by atoms with van der Waals surface area (Å²) in [5, 5.41) is 3.40. The van der Waals surface area contributed by atoms with Gasteiger partial charge in [0.25, 0.3) is 0 Å². The van der Waals surface area contributed by atoms with Gasteiger partial charge in [-0.1, -0.05) is 6.92 Å². The van der Waals surface area contributed by atoms with Crippen molar-refractivity contribution in [1.82, 2.24) is 5.32 Å². The van der Waals surface area contributed by atoms with Crippen LogP contribution in [0.5, 0.6) is 0 Å². The summed E-state index contributed by atoms with van der Waals surface area (Å²) in [4.78, 5) is 12.7. The van der Waals surface area contributed by atoms with Gasteiger partial charge in [0.05, 0.1) is 5.54 Å². The molecular formula is C17H28N2O. The standard InChI is InChI=1S/C17H28N2O/c1-10-4-6-17(9-18,7-5-10)19-16(20)15-13-11-2-3-12(8-11)14(13)15/h10-15H,2-9,18H2,1H3,(H,19,20). The molecule has 20 heavy (non-hydrogen) atoms. The molecular weight excluding hydrogens is 248 g/mol. The second-order valence-corrected chi connectivity index (χ2v) is 8.17. The number of hydrogen-bond acceptors (Lipinski definition) is 2. The maximum absolute atomic E-state index is 12.7. The summed E-state index contributed by atoms with van der Waals surface area (Å²) in [6.45, 7) is 2.92. The summed E-state index contributed by atoms with van der Waals surface area (Å²) < 4.78 is 0. The van der Waals surface area contributed by atoms with Crippen molar-refractivity contribution in [2.75, 3.05) is 6.54 Å². The van der Waals surface area contributed by atoms with Gasteiger partial charge in [0, 0.05) is 12.5 Å². The lowest BCUT2D eigenvalue weighted by Gasteiger charge is -2.39. The van der Waals surface area contributed by atoms with Crippen LogP contribution in [0.25, 0.3) is 0 Å². The summed E-state index contributed by atoms with van der Waals surface area (Å²) in [5.41, 5.74) is 5.94. The van der Waals surface area contributed by atoms with Crippen LogP contribution >= 0.6 is 0 Å². The lowest BCUT2D eigenvalue weighted by Crippen LogP contribution is -2.56. The van der Waals surface area contributed by atoms with E-state index in [-0.39, 0.29) is 5.54 Å². The molecule has 4 aliphatic rings. The van der Waals surface area contributed by atoms with Gasteiger partial charge in [0.15, 0.2) is 0 Å². The predicted molar refractivity (Wildman–Crippen MR) is 78.9 cm³/mol. The maximum atomic E-state index is 12.7. The first kappa shape index (κ1) is 13.1. The fourth-order valence-electron chi connectivity index (χ4n) is 5.72. The number of amides is 1. The molecule has 4 fully saturated rings. The minimum Gasteiger partial charge on any atom is -0.349 e. The third kappa shape index (κ3) is 1.85. The topological polar surface area (TPSA) is 55.1 Å². The van der Waals surface area contributed by atoms with Crippen LogP contribution in [0.15, 0.2) is 0 Å². The van der Waals surface area contributed by atoms with E-state index in [0.29, 0.717) is 18.4 Å². The zero-order chi connectivity index (χ0) is 13.9. The summed E-state index contributed by atoms with van der Waals surface area (Å²) in [5.74, 6) is 4.72. The number of carbonyl (C=O) groups is 1. The molecule has 3 N–H and O–H groups in total. The Kier molecular flexibility index (Phi) is 2.93. The number of carbonyl (C=O) groups excluding carboxylic acids is 1. The Labute approximate surface area is 122 Å². The highest BCUT2D eigenvalue weighted by atomic mass is 16.2. The number of rotatable bonds is 3. The van der Waals surface area contributed by atoms with Crippen molar-refractivity contribution in [3.05, 3.63) is 0 Å². The minimum absolute atomic E-state index is 0.0838. The molecule has 4 saturated carbocycles. The van der Waals surface area contributed by atoms with E-state index in [0.717, 1.165) is 42.4 Å². The van der Waals surface area contributed by atoms with Crippen molar-refractivity contribution in [2.24, 2.45) is 41.2 Å². The first-order valence-corrected chi connectivity index (χ1v) is 8.66. The summed E-state index contributed by atoms with van der Waals surface area (Å²) >= 11 is 0. The highest BCUT2D eigenvalue weighted by molar-refractivity contribution is 5.83. The van der Waals surface area contributed by atoms with Gasteiger partial charge in [-0.3, -0.25) is 4.79 Å². The fraction of sp³-hybridized carbons (Fsp3) is 0.941. The molecule has 0 aliphatic heterocycles. The Bertz CT molecular complexity index is 397. The van der Waals surface area contributed by atoms with Gasteiger partial charge in [-0.05, 0) is 74.5 Å². The van der Waals surface area contributed by atoms with Crippen LogP contribution in [0.3, 0.4) is 0 Å². The highest BCUT2D eigenvalue weighted by Crippen LogP contribution is 2.69. The minimum atomic E-state index is -0.0838. The van der Waals surface area contributed by atoms with Crippen LogP contribution in [0.2, 0.25) is 0 Å². The zero-order valence-corrected chi connectivity index (χ0v) is 12.6. The van der Waals surface area contributed by atoms with Crippen molar-refractivity contribution in [3.8, 4) is 0 Å². The molecule has 0 aromatic carbocycles. The first-order valence-electron chi connectivity index (χ1n) is 8.66. The van der Waals surface area contributed by atoms with Crippen molar-refractivity contribution >= 4 is 5.91 Å². The van der Waals surface area contributed by atoms with Crippen LogP contribution in [0.4, 0.5) is 0 Å². The van der Waals surface area contributed by atoms with E-state index in [1.807, 2.05) is 0 Å². The molecule has 0 heterocycles. The second-order valence-electron chi connectivity index (χ2n) is 8.17. The maximum Gasteiger partial charge on any atom is 0.224 e. The molecule has 3 heteroatoms. The van der Waals surface area contributed by atoms with Crippen LogP contribution in [-0.2, 0) is 4.79 Å². The average molecular weight is 276 g/mol. The molecule has 4 unspecified atom stereocenters. The van der Waals surface area contributed by atoms with Gasteiger partial charge in [-0.25, -0.2) is 0 Å². The van der Waals surface area contributed by atoms with E-state index >= 15 is 0 Å². The van der Waals surface area contributed by atoms with E-state index in [2.05, 4.69) is 12.2 Å². The molecule has 0 saturated heterocycles. The summed E-state index contributed by atoms with van der Waals surface area (Å²) in [7, 11) is 0. The van der Waals surface area contributed by atoms with Crippen molar-refractivity contribution in [3.63, 3.8) is 0 Å². The third-order valence-corrected chi connectivity index (χ3v) is 7.05. The predicted octanol–water partition coefficient (Wildman–Crippen LogP) is 2.30. The van der Waals surface area contributed by atoms with Gasteiger partial charge in [-0.2, -0.15) is 0 Å². The van der Waals surface area contributed by atoms with E-state index in [4.69, 9.17) is 5.73 Å². The SMILES string of the molecule is CC1CCC(CN)(NC(=O)C2C3C4CCC(C4)C23)CC1. The van der Waals surface area contributed by atoms with Gasteiger partial charge < -0.3 is 11.1 Å². The van der Waals surface area contributed by atoms with Crippen molar-refractivity contribution in [1.29, 1.82) is 0 Å². The molecule has 0 aromatic heterocycles. The Morgan fingerprint density at radius 3 is 2.30 bits per heavy atom. The normalized spacial score (nSPS) is 52.7. The molecule has 4 rings (SSSR count). The van der Waals surface area contributed by atoms with E-state index in [9.17, 15) is 4.79 Å². The van der Waals surface area contributed by atoms with Gasteiger partial charge in [0.2, 0.25) is 5.91 Å². The first-order chi connectivity index (χ1) is 9.63. The number of nitrogens with two attached hydrogens (primary N) is 1. The molecule has 1 amide bonds. The molecule has 112 valence electrons. The third-order valence-electron chi connectivity index (χ3n) is 7.05. The molecule has 4 aliphatic carbocycles. The average Bonchev–Trinajstić information content (AvgIpc) is 2.91. The van der Waals surface area contributed by atoms with Crippen molar-refractivity contribution in [2.45, 2.75) is 57.4 Å². The lowest BCUT2D eigenvalue weighted by molar-refractivity contribution is -0.125. The van der Waals surface area contributed by atoms with Gasteiger partial charge in [0.1, 0.15) is 0 Å². The monoisotopic (exact) mass is 276 g/mol.